The minimum atomic E-state index is -3.89. The molecular weight excluding hydrogens is 427 g/mol. The first-order valence-electron chi connectivity index (χ1n) is 10.1. The van der Waals surface area contributed by atoms with Crippen LogP contribution >= 0.6 is 0 Å². The van der Waals surface area contributed by atoms with E-state index in [9.17, 15) is 17.6 Å². The number of nitrogens with one attached hydrogen (secondary N) is 1. The Morgan fingerprint density at radius 1 is 0.969 bits per heavy atom. The van der Waals surface area contributed by atoms with E-state index in [1.165, 1.54) is 18.3 Å². The molecule has 0 aliphatic heterocycles. The number of para-hydroxylation sites is 1. The summed E-state index contributed by atoms with van der Waals surface area (Å²) in [6.45, 7) is 5.83. The van der Waals surface area contributed by atoms with Crippen LogP contribution in [0, 0.1) is 26.6 Å². The summed E-state index contributed by atoms with van der Waals surface area (Å²) >= 11 is 0. The van der Waals surface area contributed by atoms with Crippen molar-refractivity contribution in [2.24, 2.45) is 0 Å². The molecule has 1 N–H and O–H groups in total. The highest BCUT2D eigenvalue weighted by Crippen LogP contribution is 2.30. The molecule has 32 heavy (non-hydrogen) atoms. The van der Waals surface area contributed by atoms with Gasteiger partial charge in [0.05, 0.1) is 9.79 Å². The van der Waals surface area contributed by atoms with Gasteiger partial charge in [0, 0.05) is 22.8 Å². The van der Waals surface area contributed by atoms with E-state index >= 15 is 0 Å². The third kappa shape index (κ3) is 4.03. The lowest BCUT2D eigenvalue weighted by Crippen LogP contribution is -2.19. The summed E-state index contributed by atoms with van der Waals surface area (Å²) in [5, 5.41) is 3.46. The standard InChI is InChI=1S/C25H23FN2O3S/c1-16-12-17(2)25(18(3)13-16)27-24(29)15-28-14-23(21-6-4-5-7-22(21)28)32(30,31)20-10-8-19(26)9-11-20/h4-14H,15H2,1-3H3,(H,27,29). The molecule has 0 unspecified atom stereocenters. The second-order valence-corrected chi connectivity index (χ2v) is 9.84. The van der Waals surface area contributed by atoms with Crippen LogP contribution in [-0.2, 0) is 21.2 Å². The Bertz CT molecular complexity index is 1420. The third-order valence-electron chi connectivity index (χ3n) is 5.42. The summed E-state index contributed by atoms with van der Waals surface area (Å²) in [5.41, 5.74) is 4.43. The highest BCUT2D eigenvalue weighted by Gasteiger charge is 2.24. The van der Waals surface area contributed by atoms with Gasteiger partial charge in [0.25, 0.3) is 0 Å². The zero-order valence-corrected chi connectivity index (χ0v) is 18.8. The number of hydrogen-bond donors (Lipinski definition) is 1. The predicted molar refractivity (Wildman–Crippen MR) is 123 cm³/mol. The van der Waals surface area contributed by atoms with Crippen molar-refractivity contribution in [3.05, 3.63) is 89.4 Å². The smallest absolute Gasteiger partial charge is 0.244 e. The second kappa shape index (κ2) is 8.24. The van der Waals surface area contributed by atoms with Crippen molar-refractivity contribution >= 4 is 32.3 Å². The highest BCUT2D eigenvalue weighted by atomic mass is 32.2. The second-order valence-electron chi connectivity index (χ2n) is 7.92. The Morgan fingerprint density at radius 2 is 1.59 bits per heavy atom. The number of aromatic nitrogens is 1. The van der Waals surface area contributed by atoms with Crippen molar-refractivity contribution in [3.8, 4) is 0 Å². The Morgan fingerprint density at radius 3 is 2.25 bits per heavy atom. The number of anilines is 1. The van der Waals surface area contributed by atoms with E-state index in [-0.39, 0.29) is 22.2 Å². The first-order valence-corrected chi connectivity index (χ1v) is 11.6. The summed E-state index contributed by atoms with van der Waals surface area (Å²) in [7, 11) is -3.89. The molecule has 0 atom stereocenters. The number of hydrogen-bond acceptors (Lipinski definition) is 3. The predicted octanol–water partition coefficient (Wildman–Crippen LogP) is 5.18. The van der Waals surface area contributed by atoms with Gasteiger partial charge in [-0.15, -0.1) is 0 Å². The van der Waals surface area contributed by atoms with E-state index in [2.05, 4.69) is 5.32 Å². The van der Waals surface area contributed by atoms with Crippen molar-refractivity contribution in [3.63, 3.8) is 0 Å². The highest BCUT2D eigenvalue weighted by molar-refractivity contribution is 7.91. The largest absolute Gasteiger partial charge is 0.337 e. The number of carbonyl (C=O) groups is 1. The summed E-state index contributed by atoms with van der Waals surface area (Å²) in [6, 6.07) is 15.7. The maximum absolute atomic E-state index is 13.3. The summed E-state index contributed by atoms with van der Waals surface area (Å²) in [6.07, 6.45) is 1.47. The number of halogens is 1. The topological polar surface area (TPSA) is 68.2 Å². The van der Waals surface area contributed by atoms with Crippen LogP contribution in [0.2, 0.25) is 0 Å². The molecule has 7 heteroatoms. The zero-order valence-electron chi connectivity index (χ0n) is 18.0. The Hall–Kier alpha value is -3.45. The van der Waals surface area contributed by atoms with E-state index in [4.69, 9.17) is 0 Å². The first-order chi connectivity index (χ1) is 15.2. The number of fused-ring (bicyclic) bond motifs is 1. The normalized spacial score (nSPS) is 11.6. The molecule has 0 spiro atoms. The minimum absolute atomic E-state index is 0.00263. The lowest BCUT2D eigenvalue weighted by atomic mass is 10.1. The Kier molecular flexibility index (Phi) is 5.60. The van der Waals surface area contributed by atoms with Crippen LogP contribution < -0.4 is 5.32 Å². The molecule has 0 saturated heterocycles. The molecule has 1 aromatic heterocycles. The fourth-order valence-electron chi connectivity index (χ4n) is 4.01. The van der Waals surface area contributed by atoms with Crippen molar-refractivity contribution in [2.45, 2.75) is 37.1 Å². The number of amides is 1. The molecule has 3 aromatic carbocycles. The van der Waals surface area contributed by atoms with Gasteiger partial charge in [-0.05, 0) is 62.2 Å². The molecule has 0 saturated carbocycles. The van der Waals surface area contributed by atoms with E-state index in [1.54, 1.807) is 28.8 Å². The van der Waals surface area contributed by atoms with Gasteiger partial charge in [-0.2, -0.15) is 0 Å². The number of carbonyl (C=O) groups excluding carboxylic acids is 1. The summed E-state index contributed by atoms with van der Waals surface area (Å²) in [4.78, 5) is 12.9. The van der Waals surface area contributed by atoms with E-state index in [0.29, 0.717) is 10.9 Å². The number of nitrogens with zero attached hydrogens (tertiary/aromatic N) is 1. The van der Waals surface area contributed by atoms with Gasteiger partial charge in [0.1, 0.15) is 12.4 Å². The van der Waals surface area contributed by atoms with Crippen LogP contribution in [0.3, 0.4) is 0 Å². The lowest BCUT2D eigenvalue weighted by molar-refractivity contribution is -0.116. The summed E-state index contributed by atoms with van der Waals surface area (Å²) in [5.74, 6) is -0.767. The van der Waals surface area contributed by atoms with Gasteiger partial charge < -0.3 is 9.88 Å². The average Bonchev–Trinajstić information content (AvgIpc) is 3.10. The van der Waals surface area contributed by atoms with Gasteiger partial charge in [-0.3, -0.25) is 4.79 Å². The molecule has 0 aliphatic rings. The molecule has 4 rings (SSSR count). The van der Waals surface area contributed by atoms with Crippen LogP contribution in [0.25, 0.3) is 10.9 Å². The monoisotopic (exact) mass is 450 g/mol. The van der Waals surface area contributed by atoms with E-state index < -0.39 is 15.7 Å². The molecule has 1 amide bonds. The molecular formula is C25H23FN2O3S. The van der Waals surface area contributed by atoms with Crippen molar-refractivity contribution in [1.82, 2.24) is 4.57 Å². The van der Waals surface area contributed by atoms with Crippen molar-refractivity contribution in [2.75, 3.05) is 5.32 Å². The summed E-state index contributed by atoms with van der Waals surface area (Å²) < 4.78 is 41.4. The van der Waals surface area contributed by atoms with Gasteiger partial charge in [0.2, 0.25) is 15.7 Å². The molecule has 0 aliphatic carbocycles. The molecule has 0 radical (unpaired) electrons. The number of benzene rings is 3. The minimum Gasteiger partial charge on any atom is -0.337 e. The van der Waals surface area contributed by atoms with Crippen LogP contribution in [0.1, 0.15) is 16.7 Å². The molecule has 0 bridgehead atoms. The Balaban J connectivity index is 1.71. The maximum Gasteiger partial charge on any atom is 0.244 e. The third-order valence-corrected chi connectivity index (χ3v) is 7.22. The number of aryl methyl sites for hydroxylation is 3. The van der Waals surface area contributed by atoms with Crippen molar-refractivity contribution in [1.29, 1.82) is 0 Å². The molecule has 4 aromatic rings. The molecule has 5 nitrogen and oxygen atoms in total. The van der Waals surface area contributed by atoms with Crippen LogP contribution in [0.15, 0.2) is 76.7 Å². The number of sulfone groups is 1. The number of rotatable bonds is 5. The molecule has 0 fully saturated rings. The van der Waals surface area contributed by atoms with Gasteiger partial charge in [0.15, 0.2) is 0 Å². The van der Waals surface area contributed by atoms with E-state index in [1.807, 2.05) is 32.9 Å². The SMILES string of the molecule is Cc1cc(C)c(NC(=O)Cn2cc(S(=O)(=O)c3ccc(F)cc3)c3ccccc32)c(C)c1. The fraction of sp³-hybridized carbons (Fsp3) is 0.160. The van der Waals surface area contributed by atoms with Crippen LogP contribution in [0.5, 0.6) is 0 Å². The zero-order chi connectivity index (χ0) is 23.0. The van der Waals surface area contributed by atoms with E-state index in [0.717, 1.165) is 34.5 Å². The van der Waals surface area contributed by atoms with Gasteiger partial charge in [-0.1, -0.05) is 35.9 Å². The molecule has 1 heterocycles. The Labute approximate surface area is 186 Å². The maximum atomic E-state index is 13.3. The van der Waals surface area contributed by atoms with Crippen LogP contribution in [-0.4, -0.2) is 18.9 Å². The van der Waals surface area contributed by atoms with Crippen molar-refractivity contribution < 1.29 is 17.6 Å². The average molecular weight is 451 g/mol. The fourth-order valence-corrected chi connectivity index (χ4v) is 5.49. The molecule has 164 valence electrons. The van der Waals surface area contributed by atoms with Crippen LogP contribution in [0.4, 0.5) is 10.1 Å². The van der Waals surface area contributed by atoms with Gasteiger partial charge >= 0.3 is 0 Å². The lowest BCUT2D eigenvalue weighted by Gasteiger charge is -2.13. The van der Waals surface area contributed by atoms with Gasteiger partial charge in [-0.25, -0.2) is 12.8 Å². The first kappa shape index (κ1) is 21.8. The quantitative estimate of drug-likeness (QED) is 0.426.